The molecule has 0 bridgehead atoms. The van der Waals surface area contributed by atoms with Crippen LogP contribution >= 0.6 is 11.6 Å². The number of hydrogen-bond acceptors (Lipinski definition) is 5. The van der Waals surface area contributed by atoms with Crippen LogP contribution in [0.1, 0.15) is 27.7 Å². The van der Waals surface area contributed by atoms with Crippen LogP contribution in [-0.2, 0) is 9.31 Å². The fourth-order valence-electron chi connectivity index (χ4n) is 2.02. The summed E-state index contributed by atoms with van der Waals surface area (Å²) in [6.07, 6.45) is 0. The van der Waals surface area contributed by atoms with E-state index in [-0.39, 0.29) is 16.5 Å². The van der Waals surface area contributed by atoms with Crippen molar-refractivity contribution >= 4 is 29.9 Å². The molecule has 1 aromatic rings. The number of halogens is 1. The monoisotopic (exact) mass is 313 g/mol. The van der Waals surface area contributed by atoms with Gasteiger partial charge in [-0.2, -0.15) is 0 Å². The molecule has 114 valence electrons. The molecule has 0 atom stereocenters. The van der Waals surface area contributed by atoms with E-state index in [0.717, 1.165) is 0 Å². The van der Waals surface area contributed by atoms with Gasteiger partial charge in [-0.3, -0.25) is 10.1 Å². The molecule has 8 heteroatoms. The Morgan fingerprint density at radius 2 is 1.76 bits per heavy atom. The third-order valence-corrected chi connectivity index (χ3v) is 4.33. The first-order valence-corrected chi connectivity index (χ1v) is 6.84. The van der Waals surface area contributed by atoms with Crippen LogP contribution in [-0.4, -0.2) is 30.4 Å². The Morgan fingerprint density at radius 1 is 1.24 bits per heavy atom. The molecule has 1 aliphatic heterocycles. The van der Waals surface area contributed by atoms with Crippen LogP contribution < -0.4 is 10.2 Å². The smallest absolute Gasteiger partial charge is 0.490 e. The van der Waals surface area contributed by atoms with Crippen molar-refractivity contribution in [1.29, 1.82) is 0 Å². The molecule has 0 aromatic heterocycles. The number of benzene rings is 1. The van der Waals surface area contributed by atoms with Gasteiger partial charge in [-0.15, -0.1) is 0 Å². The zero-order chi connectivity index (χ0) is 16.0. The van der Waals surface area contributed by atoms with Gasteiger partial charge in [0.25, 0.3) is 0 Å². The number of ether oxygens (including phenoxy) is 1. The number of nitro benzene ring substituents is 1. The Balaban J connectivity index is 2.45. The van der Waals surface area contributed by atoms with Crippen LogP contribution in [0.2, 0.25) is 5.02 Å². The lowest BCUT2D eigenvalue weighted by Gasteiger charge is -2.32. The predicted octanol–water partition coefficient (Wildman–Crippen LogP) is 2.56. The van der Waals surface area contributed by atoms with Crippen molar-refractivity contribution in [3.63, 3.8) is 0 Å². The maximum absolute atomic E-state index is 11.0. The third-order valence-electron chi connectivity index (χ3n) is 4.00. The third kappa shape index (κ3) is 2.73. The second-order valence-corrected chi connectivity index (χ2v) is 6.30. The summed E-state index contributed by atoms with van der Waals surface area (Å²) in [5.41, 5.74) is -0.716. The molecule has 1 fully saturated rings. The van der Waals surface area contributed by atoms with Gasteiger partial charge in [-0.1, -0.05) is 11.6 Å². The van der Waals surface area contributed by atoms with Gasteiger partial charge in [0, 0.05) is 16.6 Å². The summed E-state index contributed by atoms with van der Waals surface area (Å²) in [4.78, 5) is 10.4. The second kappa shape index (κ2) is 5.16. The van der Waals surface area contributed by atoms with E-state index in [4.69, 9.17) is 25.6 Å². The lowest BCUT2D eigenvalue weighted by atomic mass is 9.78. The maximum atomic E-state index is 11.0. The zero-order valence-corrected chi connectivity index (χ0v) is 13.4. The highest BCUT2D eigenvalue weighted by molar-refractivity contribution is 6.65. The van der Waals surface area contributed by atoms with E-state index in [0.29, 0.717) is 5.46 Å². The molecule has 0 amide bonds. The summed E-state index contributed by atoms with van der Waals surface area (Å²) in [6.45, 7) is 7.68. The maximum Gasteiger partial charge on any atom is 0.496 e. The number of methoxy groups -OCH3 is 1. The highest BCUT2D eigenvalue weighted by atomic mass is 35.5. The molecule has 1 aliphatic rings. The Morgan fingerprint density at radius 3 is 2.19 bits per heavy atom. The Hall–Kier alpha value is -1.31. The zero-order valence-electron chi connectivity index (χ0n) is 12.6. The fourth-order valence-corrected chi connectivity index (χ4v) is 2.26. The SMILES string of the molecule is COc1cc(B2OC(C)(C)C(C)(C)O2)c(Cl)cc1[N+](=O)[O-]. The van der Waals surface area contributed by atoms with Crippen molar-refractivity contribution in [2.75, 3.05) is 7.11 Å². The molecule has 0 saturated carbocycles. The van der Waals surface area contributed by atoms with Gasteiger partial charge < -0.3 is 14.0 Å². The van der Waals surface area contributed by atoms with Crippen molar-refractivity contribution in [2.24, 2.45) is 0 Å². The summed E-state index contributed by atoms with van der Waals surface area (Å²) in [5, 5.41) is 11.2. The summed E-state index contributed by atoms with van der Waals surface area (Å²) >= 11 is 6.15. The van der Waals surface area contributed by atoms with E-state index in [9.17, 15) is 10.1 Å². The van der Waals surface area contributed by atoms with Crippen LogP contribution in [0.25, 0.3) is 0 Å². The molecule has 21 heavy (non-hydrogen) atoms. The average molecular weight is 314 g/mol. The normalized spacial score (nSPS) is 19.6. The topological polar surface area (TPSA) is 70.8 Å². The summed E-state index contributed by atoms with van der Waals surface area (Å²) < 4.78 is 16.9. The van der Waals surface area contributed by atoms with E-state index in [1.54, 1.807) is 0 Å². The molecule has 2 rings (SSSR count). The molecule has 6 nitrogen and oxygen atoms in total. The summed E-state index contributed by atoms with van der Waals surface area (Å²) in [5.74, 6) is 0.120. The Kier molecular flexibility index (Phi) is 3.95. The van der Waals surface area contributed by atoms with Crippen molar-refractivity contribution in [1.82, 2.24) is 0 Å². The van der Waals surface area contributed by atoms with Gasteiger partial charge in [0.1, 0.15) is 0 Å². The molecule has 0 N–H and O–H groups in total. The van der Waals surface area contributed by atoms with E-state index in [1.807, 2.05) is 27.7 Å². The van der Waals surface area contributed by atoms with Crippen LogP contribution in [0.5, 0.6) is 5.75 Å². The molecule has 0 unspecified atom stereocenters. The van der Waals surface area contributed by atoms with Crippen LogP contribution in [0.15, 0.2) is 12.1 Å². The van der Waals surface area contributed by atoms with Crippen LogP contribution in [0.4, 0.5) is 5.69 Å². The largest absolute Gasteiger partial charge is 0.496 e. The van der Waals surface area contributed by atoms with Crippen LogP contribution in [0.3, 0.4) is 0 Å². The molecule has 0 aliphatic carbocycles. The second-order valence-electron chi connectivity index (χ2n) is 5.89. The number of rotatable bonds is 3. The standard InChI is InChI=1S/C13H17BClNO5/c1-12(2)13(3,4)21-14(20-12)8-6-11(19-5)10(16(17)18)7-9(8)15/h6-7H,1-5H3. The van der Waals surface area contributed by atoms with Crippen molar-refractivity contribution in [3.05, 3.63) is 27.3 Å². The van der Waals surface area contributed by atoms with Gasteiger partial charge in [0.15, 0.2) is 5.75 Å². The van der Waals surface area contributed by atoms with E-state index in [2.05, 4.69) is 0 Å². The summed E-state index contributed by atoms with van der Waals surface area (Å²) in [6, 6.07) is 2.74. The number of nitrogens with zero attached hydrogens (tertiary/aromatic N) is 1. The van der Waals surface area contributed by atoms with Gasteiger partial charge >= 0.3 is 12.8 Å². The lowest BCUT2D eigenvalue weighted by molar-refractivity contribution is -0.385. The van der Waals surface area contributed by atoms with E-state index >= 15 is 0 Å². The Labute approximate surface area is 128 Å². The highest BCUT2D eigenvalue weighted by Crippen LogP contribution is 2.38. The number of hydrogen-bond donors (Lipinski definition) is 0. The van der Waals surface area contributed by atoms with Gasteiger partial charge in [-0.25, -0.2) is 0 Å². The van der Waals surface area contributed by atoms with Crippen molar-refractivity contribution < 1.29 is 19.0 Å². The average Bonchev–Trinajstić information content (AvgIpc) is 2.57. The fraction of sp³-hybridized carbons (Fsp3) is 0.538. The van der Waals surface area contributed by atoms with Crippen molar-refractivity contribution in [3.8, 4) is 5.75 Å². The molecule has 0 radical (unpaired) electrons. The minimum Gasteiger partial charge on any atom is -0.490 e. The molecule has 1 heterocycles. The quantitative estimate of drug-likeness (QED) is 0.487. The lowest BCUT2D eigenvalue weighted by Crippen LogP contribution is -2.41. The highest BCUT2D eigenvalue weighted by Gasteiger charge is 2.52. The summed E-state index contributed by atoms with van der Waals surface area (Å²) in [7, 11) is 0.668. The van der Waals surface area contributed by atoms with Crippen LogP contribution in [0, 0.1) is 10.1 Å². The minimum absolute atomic E-state index is 0.120. The number of nitro groups is 1. The predicted molar refractivity (Wildman–Crippen MR) is 80.4 cm³/mol. The van der Waals surface area contributed by atoms with E-state index < -0.39 is 23.2 Å². The first kappa shape index (κ1) is 16.1. The molecule has 1 saturated heterocycles. The van der Waals surface area contributed by atoms with E-state index in [1.165, 1.54) is 19.2 Å². The van der Waals surface area contributed by atoms with Crippen molar-refractivity contribution in [2.45, 2.75) is 38.9 Å². The molecule has 0 spiro atoms. The molecular formula is C13H17BClNO5. The Bertz CT molecular complexity index is 574. The first-order chi connectivity index (χ1) is 9.59. The molecular weight excluding hydrogens is 296 g/mol. The first-order valence-electron chi connectivity index (χ1n) is 6.46. The molecule has 1 aromatic carbocycles. The van der Waals surface area contributed by atoms with Gasteiger partial charge in [-0.05, 0) is 33.8 Å². The van der Waals surface area contributed by atoms with Gasteiger partial charge in [0.2, 0.25) is 0 Å². The van der Waals surface area contributed by atoms with Gasteiger partial charge in [0.05, 0.1) is 23.2 Å². The minimum atomic E-state index is -0.697.